The summed E-state index contributed by atoms with van der Waals surface area (Å²) in [7, 11) is -1.68. The van der Waals surface area contributed by atoms with Crippen molar-refractivity contribution >= 4 is 33.2 Å². The summed E-state index contributed by atoms with van der Waals surface area (Å²) in [6, 6.07) is 4.59. The fourth-order valence-corrected chi connectivity index (χ4v) is 2.72. The number of nitrogens with zero attached hydrogens (tertiary/aromatic N) is 1. The van der Waals surface area contributed by atoms with Crippen molar-refractivity contribution in [2.24, 2.45) is 5.92 Å². The van der Waals surface area contributed by atoms with E-state index < -0.39 is 10.0 Å². The molecule has 1 aromatic rings. The third-order valence-electron chi connectivity index (χ3n) is 3.08. The molecule has 1 saturated carbocycles. The first kappa shape index (κ1) is 15.1. The highest BCUT2D eigenvalue weighted by Crippen LogP contribution is 2.30. The van der Waals surface area contributed by atoms with E-state index >= 15 is 0 Å². The fourth-order valence-electron chi connectivity index (χ4n) is 1.93. The minimum absolute atomic E-state index is 0.134. The normalized spacial score (nSPS) is 14.9. The van der Waals surface area contributed by atoms with Gasteiger partial charge in [-0.2, -0.15) is 0 Å². The fraction of sp³-hybridized carbons (Fsp3) is 0.462. The van der Waals surface area contributed by atoms with E-state index in [0.717, 1.165) is 12.8 Å². The highest BCUT2D eigenvalue weighted by Gasteiger charge is 2.25. The van der Waals surface area contributed by atoms with E-state index in [-0.39, 0.29) is 16.6 Å². The molecule has 2 rings (SSSR count). The number of carbonyl (C=O) groups is 1. The minimum Gasteiger partial charge on any atom is -0.341 e. The van der Waals surface area contributed by atoms with Crippen LogP contribution in [0.3, 0.4) is 0 Å². The van der Waals surface area contributed by atoms with Gasteiger partial charge in [-0.3, -0.25) is 9.52 Å². The van der Waals surface area contributed by atoms with Gasteiger partial charge in [0.15, 0.2) is 0 Å². The first-order valence-electron chi connectivity index (χ1n) is 6.29. The van der Waals surface area contributed by atoms with Crippen LogP contribution in [0.4, 0.5) is 5.69 Å². The highest BCUT2D eigenvalue weighted by atomic mass is 35.5. The molecule has 1 N–H and O–H groups in total. The minimum atomic E-state index is -3.43. The number of nitrogens with one attached hydrogen (secondary N) is 1. The predicted molar refractivity (Wildman–Crippen MR) is 79.6 cm³/mol. The van der Waals surface area contributed by atoms with Gasteiger partial charge in [0.05, 0.1) is 17.0 Å². The van der Waals surface area contributed by atoms with Crippen LogP contribution in [0.15, 0.2) is 18.2 Å². The Morgan fingerprint density at radius 2 is 2.10 bits per heavy atom. The number of halogens is 1. The number of carbonyl (C=O) groups excluding carboxylic acids is 1. The van der Waals surface area contributed by atoms with Crippen molar-refractivity contribution < 1.29 is 13.2 Å². The van der Waals surface area contributed by atoms with E-state index in [1.165, 1.54) is 25.0 Å². The summed E-state index contributed by atoms with van der Waals surface area (Å²) in [5.74, 6) is 0.468. The van der Waals surface area contributed by atoms with E-state index in [0.29, 0.717) is 11.5 Å². The molecule has 110 valence electrons. The van der Waals surface area contributed by atoms with Gasteiger partial charge in [-0.15, -0.1) is 0 Å². The Morgan fingerprint density at radius 1 is 1.45 bits per heavy atom. The zero-order valence-electron chi connectivity index (χ0n) is 11.4. The van der Waals surface area contributed by atoms with Crippen LogP contribution in [0.5, 0.6) is 0 Å². The molecule has 1 aromatic carbocycles. The van der Waals surface area contributed by atoms with Crippen molar-refractivity contribution in [2.75, 3.05) is 24.6 Å². The van der Waals surface area contributed by atoms with E-state index in [9.17, 15) is 13.2 Å². The number of anilines is 1. The Bertz CT molecular complexity index is 627. The molecular formula is C13H17ClN2O3S. The Morgan fingerprint density at radius 3 is 2.65 bits per heavy atom. The number of rotatable bonds is 5. The molecule has 0 atom stereocenters. The average molecular weight is 317 g/mol. The van der Waals surface area contributed by atoms with E-state index in [1.54, 1.807) is 18.0 Å². The van der Waals surface area contributed by atoms with Gasteiger partial charge in [-0.05, 0) is 37.0 Å². The van der Waals surface area contributed by atoms with Crippen LogP contribution in [-0.2, 0) is 10.0 Å². The molecule has 0 saturated heterocycles. The number of benzene rings is 1. The van der Waals surface area contributed by atoms with Crippen molar-refractivity contribution in [1.29, 1.82) is 0 Å². The quantitative estimate of drug-likeness (QED) is 0.905. The number of hydrogen-bond acceptors (Lipinski definition) is 3. The average Bonchev–Trinajstić information content (AvgIpc) is 3.13. The third kappa shape index (κ3) is 4.11. The summed E-state index contributed by atoms with van der Waals surface area (Å²) >= 11 is 5.93. The molecule has 1 aliphatic rings. The standard InChI is InChI=1S/C13H17ClN2O3S/c1-16(8-9-3-4-9)13(17)10-5-6-11(14)12(7-10)15-20(2,18)19/h5-7,9,15H,3-4,8H2,1-2H3. The second-order valence-electron chi connectivity index (χ2n) is 5.20. The topological polar surface area (TPSA) is 66.5 Å². The highest BCUT2D eigenvalue weighted by molar-refractivity contribution is 7.92. The van der Waals surface area contributed by atoms with E-state index in [2.05, 4.69) is 4.72 Å². The largest absolute Gasteiger partial charge is 0.341 e. The molecule has 0 bridgehead atoms. The van der Waals surface area contributed by atoms with Gasteiger partial charge in [-0.1, -0.05) is 11.6 Å². The lowest BCUT2D eigenvalue weighted by Gasteiger charge is -2.17. The maximum atomic E-state index is 12.2. The van der Waals surface area contributed by atoms with Gasteiger partial charge in [-0.25, -0.2) is 8.42 Å². The number of amides is 1. The van der Waals surface area contributed by atoms with Crippen molar-refractivity contribution in [3.05, 3.63) is 28.8 Å². The zero-order valence-corrected chi connectivity index (χ0v) is 13.0. The number of sulfonamides is 1. The van der Waals surface area contributed by atoms with E-state index in [4.69, 9.17) is 11.6 Å². The molecule has 1 aliphatic carbocycles. The summed E-state index contributed by atoms with van der Waals surface area (Å²) in [5.41, 5.74) is 0.642. The smallest absolute Gasteiger partial charge is 0.253 e. The predicted octanol–water partition coefficient (Wildman–Crippen LogP) is 2.19. The summed E-state index contributed by atoms with van der Waals surface area (Å²) in [5, 5.41) is 0.261. The van der Waals surface area contributed by atoms with Gasteiger partial charge in [0.1, 0.15) is 0 Å². The molecular weight excluding hydrogens is 300 g/mol. The monoisotopic (exact) mass is 316 g/mol. The second kappa shape index (κ2) is 5.61. The van der Waals surface area contributed by atoms with Crippen LogP contribution < -0.4 is 4.72 Å². The molecule has 0 unspecified atom stereocenters. The first-order valence-corrected chi connectivity index (χ1v) is 8.56. The molecule has 0 aromatic heterocycles. The second-order valence-corrected chi connectivity index (χ2v) is 7.35. The van der Waals surface area contributed by atoms with Gasteiger partial charge in [0.25, 0.3) is 5.91 Å². The van der Waals surface area contributed by atoms with Crippen molar-refractivity contribution in [3.8, 4) is 0 Å². The summed E-state index contributed by atoms with van der Waals surface area (Å²) in [6.45, 7) is 0.732. The van der Waals surface area contributed by atoms with Crippen LogP contribution in [0.25, 0.3) is 0 Å². The molecule has 0 aliphatic heterocycles. The van der Waals surface area contributed by atoms with Crippen molar-refractivity contribution in [3.63, 3.8) is 0 Å². The van der Waals surface area contributed by atoms with Crippen molar-refractivity contribution in [1.82, 2.24) is 4.90 Å². The Hall–Kier alpha value is -1.27. The summed E-state index contributed by atoms with van der Waals surface area (Å²) in [4.78, 5) is 13.9. The first-order chi connectivity index (χ1) is 9.26. The summed E-state index contributed by atoms with van der Waals surface area (Å²) in [6.07, 6.45) is 3.37. The maximum absolute atomic E-state index is 12.2. The molecule has 7 heteroatoms. The van der Waals surface area contributed by atoms with Crippen LogP contribution >= 0.6 is 11.6 Å². The molecule has 0 heterocycles. The lowest BCUT2D eigenvalue weighted by atomic mass is 10.1. The molecule has 1 fully saturated rings. The number of hydrogen-bond donors (Lipinski definition) is 1. The van der Waals surface area contributed by atoms with Crippen LogP contribution in [0.2, 0.25) is 5.02 Å². The maximum Gasteiger partial charge on any atom is 0.253 e. The molecule has 20 heavy (non-hydrogen) atoms. The van der Waals surface area contributed by atoms with Gasteiger partial charge in [0.2, 0.25) is 10.0 Å². The van der Waals surface area contributed by atoms with Gasteiger partial charge >= 0.3 is 0 Å². The Balaban J connectivity index is 2.19. The molecule has 5 nitrogen and oxygen atoms in total. The lowest BCUT2D eigenvalue weighted by molar-refractivity contribution is 0.0788. The third-order valence-corrected chi connectivity index (χ3v) is 4.00. The van der Waals surface area contributed by atoms with Crippen LogP contribution in [0, 0.1) is 5.92 Å². The van der Waals surface area contributed by atoms with Crippen LogP contribution in [-0.4, -0.2) is 39.1 Å². The Kier molecular flexibility index (Phi) is 4.25. The molecule has 0 spiro atoms. The van der Waals surface area contributed by atoms with Gasteiger partial charge in [0, 0.05) is 19.2 Å². The van der Waals surface area contributed by atoms with Gasteiger partial charge < -0.3 is 4.90 Å². The molecule has 0 radical (unpaired) electrons. The SMILES string of the molecule is CN(CC1CC1)C(=O)c1ccc(Cl)c(NS(C)(=O)=O)c1. The lowest BCUT2D eigenvalue weighted by Crippen LogP contribution is -2.28. The van der Waals surface area contributed by atoms with Crippen molar-refractivity contribution in [2.45, 2.75) is 12.8 Å². The Labute approximate surface area is 124 Å². The molecule has 1 amide bonds. The van der Waals surface area contributed by atoms with Crippen LogP contribution in [0.1, 0.15) is 23.2 Å². The van der Waals surface area contributed by atoms with E-state index in [1.807, 2.05) is 0 Å². The summed E-state index contributed by atoms with van der Waals surface area (Å²) < 4.78 is 24.8. The zero-order chi connectivity index (χ0) is 14.9.